The lowest BCUT2D eigenvalue weighted by molar-refractivity contribution is -0.147. The van der Waals surface area contributed by atoms with Gasteiger partial charge < -0.3 is 20.5 Å². The van der Waals surface area contributed by atoms with E-state index in [0.29, 0.717) is 0 Å². The third kappa shape index (κ3) is 5.27. The fraction of sp³-hybridized carbons (Fsp3) is 0.250. The lowest BCUT2D eigenvalue weighted by Gasteiger charge is -2.14. The smallest absolute Gasteiger partial charge is 0.326 e. The summed E-state index contributed by atoms with van der Waals surface area (Å²) in [5.74, 6) is -3.01. The van der Waals surface area contributed by atoms with Crippen molar-refractivity contribution in [3.8, 4) is 0 Å². The molecule has 114 valence electrons. The first-order valence-corrected chi connectivity index (χ1v) is 6.03. The van der Waals surface area contributed by atoms with E-state index < -0.39 is 36.2 Å². The Labute approximate surface area is 124 Å². The highest BCUT2D eigenvalue weighted by Gasteiger charge is 2.24. The molecule has 0 radical (unpaired) electrons. The van der Waals surface area contributed by atoms with E-state index in [1.807, 2.05) is 5.32 Å². The molecule has 0 saturated heterocycles. The maximum absolute atomic E-state index is 13.5. The monoisotopic (exact) mass is 318 g/mol. The number of methoxy groups -OCH3 is 1. The maximum Gasteiger partial charge on any atom is 0.326 e. The van der Waals surface area contributed by atoms with Gasteiger partial charge in [-0.25, -0.2) is 14.0 Å². The van der Waals surface area contributed by atoms with Gasteiger partial charge in [0.05, 0.1) is 19.2 Å². The van der Waals surface area contributed by atoms with Gasteiger partial charge in [-0.05, 0) is 18.2 Å². The second-order valence-corrected chi connectivity index (χ2v) is 4.33. The summed E-state index contributed by atoms with van der Waals surface area (Å²) < 4.78 is 17.8. The molecule has 0 aliphatic rings. The van der Waals surface area contributed by atoms with Crippen LogP contribution in [0.5, 0.6) is 0 Å². The number of carbonyl (C=O) groups is 3. The molecule has 0 bridgehead atoms. The number of carboxylic acids is 1. The van der Waals surface area contributed by atoms with Gasteiger partial charge in [0.1, 0.15) is 11.9 Å². The molecule has 0 unspecified atom stereocenters. The summed E-state index contributed by atoms with van der Waals surface area (Å²) in [6.07, 6.45) is -0.553. The first-order chi connectivity index (χ1) is 9.83. The highest BCUT2D eigenvalue weighted by molar-refractivity contribution is 6.30. The number of esters is 1. The first-order valence-electron chi connectivity index (χ1n) is 5.65. The van der Waals surface area contributed by atoms with Gasteiger partial charge in [-0.1, -0.05) is 11.6 Å². The number of hydrogen-bond acceptors (Lipinski definition) is 4. The number of nitrogens with one attached hydrogen (secondary N) is 2. The molecular formula is C12H12ClFN2O5. The maximum atomic E-state index is 13.5. The number of halogens is 2. The topological polar surface area (TPSA) is 105 Å². The highest BCUT2D eigenvalue weighted by atomic mass is 35.5. The number of amides is 2. The Bertz CT molecular complexity index is 567. The van der Waals surface area contributed by atoms with Crippen LogP contribution < -0.4 is 10.6 Å². The largest absolute Gasteiger partial charge is 0.480 e. The van der Waals surface area contributed by atoms with Crippen molar-refractivity contribution < 1.29 is 28.6 Å². The average molecular weight is 319 g/mol. The lowest BCUT2D eigenvalue weighted by atomic mass is 10.2. The predicted octanol–water partition coefficient (Wildman–Crippen LogP) is 1.62. The highest BCUT2D eigenvalue weighted by Crippen LogP contribution is 2.18. The van der Waals surface area contributed by atoms with Crippen molar-refractivity contribution in [2.24, 2.45) is 0 Å². The lowest BCUT2D eigenvalue weighted by Crippen LogP contribution is -2.44. The SMILES string of the molecule is COC(=O)C[C@H](NC(=O)Nc1ccc(Cl)cc1F)C(=O)O. The van der Waals surface area contributed by atoms with Crippen LogP contribution in [0.25, 0.3) is 0 Å². The molecular weight excluding hydrogens is 307 g/mol. The van der Waals surface area contributed by atoms with Crippen molar-refractivity contribution in [1.82, 2.24) is 5.32 Å². The number of anilines is 1. The van der Waals surface area contributed by atoms with Crippen LogP contribution in [0.3, 0.4) is 0 Å². The molecule has 0 aliphatic heterocycles. The zero-order chi connectivity index (χ0) is 16.0. The summed E-state index contributed by atoms with van der Waals surface area (Å²) in [6.45, 7) is 0. The number of rotatable bonds is 5. The minimum Gasteiger partial charge on any atom is -0.480 e. The van der Waals surface area contributed by atoms with E-state index in [1.165, 1.54) is 12.1 Å². The summed E-state index contributed by atoms with van der Waals surface area (Å²) in [5, 5.41) is 13.2. The Kier molecular flexibility index (Phi) is 5.92. The molecule has 0 saturated carbocycles. The molecule has 0 aliphatic carbocycles. The summed E-state index contributed by atoms with van der Waals surface area (Å²) >= 11 is 5.56. The molecule has 0 aromatic heterocycles. The summed E-state index contributed by atoms with van der Waals surface area (Å²) in [7, 11) is 1.09. The number of hydrogen-bond donors (Lipinski definition) is 3. The normalized spacial score (nSPS) is 11.4. The molecule has 7 nitrogen and oxygen atoms in total. The Balaban J connectivity index is 2.69. The van der Waals surface area contributed by atoms with E-state index >= 15 is 0 Å². The first kappa shape index (κ1) is 16.7. The van der Waals surface area contributed by atoms with Crippen molar-refractivity contribution in [1.29, 1.82) is 0 Å². The quantitative estimate of drug-likeness (QED) is 0.715. The fourth-order valence-corrected chi connectivity index (χ4v) is 1.52. The molecule has 1 rings (SSSR count). The van der Waals surface area contributed by atoms with Crippen LogP contribution in [-0.2, 0) is 14.3 Å². The summed E-state index contributed by atoms with van der Waals surface area (Å²) in [6, 6.07) is 1.08. The van der Waals surface area contributed by atoms with Crippen molar-refractivity contribution in [3.05, 3.63) is 29.0 Å². The van der Waals surface area contributed by atoms with Gasteiger partial charge in [-0.2, -0.15) is 0 Å². The second-order valence-electron chi connectivity index (χ2n) is 3.89. The van der Waals surface area contributed by atoms with Gasteiger partial charge in [0, 0.05) is 5.02 Å². The van der Waals surface area contributed by atoms with Gasteiger partial charge in [-0.15, -0.1) is 0 Å². The molecule has 1 aromatic carbocycles. The van der Waals surface area contributed by atoms with Gasteiger partial charge in [0.25, 0.3) is 0 Å². The molecule has 2 amide bonds. The third-order valence-electron chi connectivity index (χ3n) is 2.38. The molecule has 9 heteroatoms. The zero-order valence-corrected chi connectivity index (χ0v) is 11.6. The van der Waals surface area contributed by atoms with E-state index in [1.54, 1.807) is 0 Å². The number of carboxylic acid groups (broad SMARTS) is 1. The number of urea groups is 1. The molecule has 0 spiro atoms. The van der Waals surface area contributed by atoms with Crippen molar-refractivity contribution >= 4 is 35.3 Å². The Morgan fingerprint density at radius 2 is 2.10 bits per heavy atom. The fourth-order valence-electron chi connectivity index (χ4n) is 1.36. The number of benzene rings is 1. The van der Waals surface area contributed by atoms with E-state index in [-0.39, 0.29) is 10.7 Å². The average Bonchev–Trinajstić information content (AvgIpc) is 2.40. The number of aliphatic carboxylic acids is 1. The number of carbonyl (C=O) groups excluding carboxylic acids is 2. The van der Waals surface area contributed by atoms with Crippen molar-refractivity contribution in [2.45, 2.75) is 12.5 Å². The molecule has 0 fully saturated rings. The summed E-state index contributed by atoms with van der Waals surface area (Å²) in [4.78, 5) is 33.5. The van der Waals surface area contributed by atoms with E-state index in [9.17, 15) is 18.8 Å². The van der Waals surface area contributed by atoms with Crippen LogP contribution in [-0.4, -0.2) is 36.2 Å². The van der Waals surface area contributed by atoms with Crippen molar-refractivity contribution in [3.63, 3.8) is 0 Å². The van der Waals surface area contributed by atoms with Crippen molar-refractivity contribution in [2.75, 3.05) is 12.4 Å². The van der Waals surface area contributed by atoms with Gasteiger partial charge in [0.15, 0.2) is 0 Å². The molecule has 3 N–H and O–H groups in total. The van der Waals surface area contributed by atoms with Gasteiger partial charge >= 0.3 is 18.0 Å². The van der Waals surface area contributed by atoms with E-state index in [0.717, 1.165) is 13.2 Å². The third-order valence-corrected chi connectivity index (χ3v) is 2.62. The Hall–Kier alpha value is -2.35. The van der Waals surface area contributed by atoms with Crippen LogP contribution >= 0.6 is 11.6 Å². The summed E-state index contributed by atoms with van der Waals surface area (Å²) in [5.41, 5.74) is -0.181. The molecule has 1 aromatic rings. The van der Waals surface area contributed by atoms with Crippen LogP contribution in [0.2, 0.25) is 5.02 Å². The van der Waals surface area contributed by atoms with Gasteiger partial charge in [-0.3, -0.25) is 4.79 Å². The second kappa shape index (κ2) is 7.44. The van der Waals surface area contributed by atoms with Crippen LogP contribution in [0.15, 0.2) is 18.2 Å². The molecule has 1 atom stereocenters. The standard InChI is InChI=1S/C12H12ClFN2O5/c1-21-10(17)5-9(11(18)19)16-12(20)15-8-3-2-6(13)4-7(8)14/h2-4,9H,5H2,1H3,(H,18,19)(H2,15,16,20)/t9-/m0/s1. The van der Waals surface area contributed by atoms with Crippen LogP contribution in [0.1, 0.15) is 6.42 Å². The molecule has 21 heavy (non-hydrogen) atoms. The van der Waals surface area contributed by atoms with E-state index in [2.05, 4.69) is 10.1 Å². The van der Waals surface area contributed by atoms with E-state index in [4.69, 9.17) is 16.7 Å². The zero-order valence-electron chi connectivity index (χ0n) is 10.9. The Morgan fingerprint density at radius 1 is 1.43 bits per heavy atom. The minimum absolute atomic E-state index is 0.146. The predicted molar refractivity (Wildman–Crippen MR) is 71.6 cm³/mol. The Morgan fingerprint density at radius 3 is 2.62 bits per heavy atom. The number of ether oxygens (including phenoxy) is 1. The minimum atomic E-state index is -1.49. The van der Waals surface area contributed by atoms with Gasteiger partial charge in [0.2, 0.25) is 0 Å². The van der Waals surface area contributed by atoms with Crippen LogP contribution in [0.4, 0.5) is 14.9 Å². The van der Waals surface area contributed by atoms with Crippen LogP contribution in [0, 0.1) is 5.82 Å². The molecule has 0 heterocycles.